The summed E-state index contributed by atoms with van der Waals surface area (Å²) in [5.41, 5.74) is -0.194. The maximum Gasteiger partial charge on any atom is 0.330 e. The predicted octanol–water partition coefficient (Wildman–Crippen LogP) is 4.35. The molecule has 0 aliphatic heterocycles. The molecule has 0 spiro atoms. The van der Waals surface area contributed by atoms with Gasteiger partial charge in [-0.05, 0) is 98.7 Å². The van der Waals surface area contributed by atoms with E-state index >= 15 is 0 Å². The van der Waals surface area contributed by atoms with Crippen LogP contribution in [0.3, 0.4) is 0 Å². The number of carbonyl (C=O) groups is 1. The summed E-state index contributed by atoms with van der Waals surface area (Å²) in [6.07, 6.45) is 12.7. The Morgan fingerprint density at radius 3 is 2.85 bits per heavy atom. The largest absolute Gasteiger partial charge is 0.456 e. The molecule has 0 heterocycles. The van der Waals surface area contributed by atoms with Crippen LogP contribution in [0.5, 0.6) is 0 Å². The van der Waals surface area contributed by atoms with E-state index < -0.39 is 5.60 Å². The topological polar surface area (TPSA) is 46.5 Å². The number of aliphatic hydroxyl groups excluding tert-OH is 1. The van der Waals surface area contributed by atoms with Crippen LogP contribution in [0.1, 0.15) is 64.7 Å². The molecule has 0 radical (unpaired) electrons. The van der Waals surface area contributed by atoms with Crippen LogP contribution in [0.2, 0.25) is 0 Å². The Bertz CT molecular complexity index is 615. The quantitative estimate of drug-likeness (QED) is 0.436. The first-order chi connectivity index (χ1) is 12.5. The van der Waals surface area contributed by atoms with E-state index in [9.17, 15) is 9.90 Å². The van der Waals surface area contributed by atoms with Gasteiger partial charge in [0.2, 0.25) is 0 Å². The fourth-order valence-corrected chi connectivity index (χ4v) is 9.28. The van der Waals surface area contributed by atoms with Crippen molar-refractivity contribution in [2.75, 3.05) is 6.61 Å². The molecule has 0 aromatic carbocycles. The molecule has 9 atom stereocenters. The zero-order valence-corrected chi connectivity index (χ0v) is 16.2. The van der Waals surface area contributed by atoms with Gasteiger partial charge in [-0.3, -0.25) is 0 Å². The summed E-state index contributed by atoms with van der Waals surface area (Å²) in [4.78, 5) is 12.0. The van der Waals surface area contributed by atoms with Crippen molar-refractivity contribution in [3.8, 4) is 0 Å². The zero-order chi connectivity index (χ0) is 18.1. The Balaban J connectivity index is 1.50. The lowest BCUT2D eigenvalue weighted by Gasteiger charge is -2.51. The van der Waals surface area contributed by atoms with Gasteiger partial charge in [0, 0.05) is 19.1 Å². The maximum absolute atomic E-state index is 12.0. The van der Waals surface area contributed by atoms with Crippen LogP contribution in [0.25, 0.3) is 0 Å². The van der Waals surface area contributed by atoms with Crippen molar-refractivity contribution in [1.82, 2.24) is 0 Å². The van der Waals surface area contributed by atoms with E-state index in [0.29, 0.717) is 11.8 Å². The smallest absolute Gasteiger partial charge is 0.330 e. The van der Waals surface area contributed by atoms with Gasteiger partial charge in [0.25, 0.3) is 0 Å². The molecule has 9 unspecified atom stereocenters. The summed E-state index contributed by atoms with van der Waals surface area (Å²) >= 11 is 0. The van der Waals surface area contributed by atoms with Crippen LogP contribution >= 0.6 is 0 Å². The first-order valence-corrected chi connectivity index (χ1v) is 11.0. The molecule has 26 heavy (non-hydrogen) atoms. The summed E-state index contributed by atoms with van der Waals surface area (Å²) in [5, 5.41) is 9.69. The number of hydrogen-bond acceptors (Lipinski definition) is 3. The minimum atomic E-state index is -0.557. The number of hydrogen-bond donors (Lipinski definition) is 1. The van der Waals surface area contributed by atoms with Crippen molar-refractivity contribution in [1.29, 1.82) is 0 Å². The van der Waals surface area contributed by atoms with Gasteiger partial charge in [0.05, 0.1) is 0 Å². The molecule has 0 aromatic heterocycles. The number of rotatable bonds is 6. The molecule has 4 bridgehead atoms. The Labute approximate surface area is 157 Å². The van der Waals surface area contributed by atoms with E-state index in [2.05, 4.69) is 13.5 Å². The predicted molar refractivity (Wildman–Crippen MR) is 100 cm³/mol. The number of ether oxygens (including phenoxy) is 1. The van der Waals surface area contributed by atoms with Crippen molar-refractivity contribution in [3.63, 3.8) is 0 Å². The molecular formula is C23H34O3. The van der Waals surface area contributed by atoms with E-state index in [4.69, 9.17) is 4.74 Å². The maximum atomic E-state index is 12.0. The molecule has 5 saturated carbocycles. The van der Waals surface area contributed by atoms with Crippen molar-refractivity contribution >= 4 is 5.97 Å². The van der Waals surface area contributed by atoms with Crippen molar-refractivity contribution in [2.45, 2.75) is 70.3 Å². The Hall–Kier alpha value is -0.830. The third-order valence-electron chi connectivity index (χ3n) is 9.47. The van der Waals surface area contributed by atoms with E-state index in [0.717, 1.165) is 47.8 Å². The molecule has 1 N–H and O–H groups in total. The van der Waals surface area contributed by atoms with Gasteiger partial charge in [0.15, 0.2) is 0 Å². The fourth-order valence-electron chi connectivity index (χ4n) is 9.28. The molecule has 5 aliphatic carbocycles. The average molecular weight is 359 g/mol. The van der Waals surface area contributed by atoms with Crippen LogP contribution in [0.15, 0.2) is 12.7 Å². The summed E-state index contributed by atoms with van der Waals surface area (Å²) in [5.74, 6) is 6.11. The average Bonchev–Trinajstić information content (AvgIpc) is 3.37. The normalized spacial score (nSPS) is 49.7. The first kappa shape index (κ1) is 17.3. The molecule has 5 rings (SSSR count). The Morgan fingerprint density at radius 1 is 1.27 bits per heavy atom. The highest BCUT2D eigenvalue weighted by Crippen LogP contribution is 2.79. The summed E-state index contributed by atoms with van der Waals surface area (Å²) in [6.45, 7) is 5.73. The van der Waals surface area contributed by atoms with Gasteiger partial charge < -0.3 is 9.84 Å². The molecule has 0 amide bonds. The lowest BCUT2D eigenvalue weighted by molar-refractivity contribution is -0.161. The van der Waals surface area contributed by atoms with E-state index in [1.807, 2.05) is 0 Å². The van der Waals surface area contributed by atoms with Gasteiger partial charge in [-0.15, -0.1) is 0 Å². The van der Waals surface area contributed by atoms with Crippen LogP contribution in [0, 0.1) is 46.8 Å². The van der Waals surface area contributed by atoms with Crippen molar-refractivity contribution < 1.29 is 14.6 Å². The Morgan fingerprint density at radius 2 is 2.08 bits per heavy atom. The van der Waals surface area contributed by atoms with Gasteiger partial charge >= 0.3 is 5.97 Å². The van der Waals surface area contributed by atoms with E-state index in [-0.39, 0.29) is 12.6 Å². The number of carbonyl (C=O) groups excluding carboxylic acids is 1. The second-order valence-electron chi connectivity index (χ2n) is 10.5. The molecule has 0 saturated heterocycles. The first-order valence-electron chi connectivity index (χ1n) is 11.0. The van der Waals surface area contributed by atoms with Crippen LogP contribution in [-0.4, -0.2) is 23.3 Å². The van der Waals surface area contributed by atoms with Crippen molar-refractivity contribution in [2.24, 2.45) is 46.8 Å². The molecule has 5 aliphatic rings. The van der Waals surface area contributed by atoms with Crippen molar-refractivity contribution in [3.05, 3.63) is 12.7 Å². The number of aliphatic hydroxyl groups is 1. The van der Waals surface area contributed by atoms with E-state index in [1.54, 1.807) is 0 Å². The van der Waals surface area contributed by atoms with Gasteiger partial charge in [0.1, 0.15) is 5.60 Å². The van der Waals surface area contributed by atoms with E-state index in [1.165, 1.54) is 51.0 Å². The van der Waals surface area contributed by atoms with Crippen LogP contribution < -0.4 is 0 Å². The van der Waals surface area contributed by atoms with Crippen LogP contribution in [0.4, 0.5) is 0 Å². The number of fused-ring (bicyclic) bond motifs is 12. The highest BCUT2D eigenvalue weighted by Gasteiger charge is 2.73. The molecule has 144 valence electrons. The third-order valence-corrected chi connectivity index (χ3v) is 9.47. The number of esters is 1. The molecule has 0 aromatic rings. The molecule has 3 heteroatoms. The standard InChI is InChI=1S/C23H34O3/c1-3-19(25)26-22(2,9-10-24)13-23-12-17(16-5-4-6-18(16)23)20-14-7-8-15(11-14)21(20)23/h3,14-18,20-21,24H,1,4-13H2,2H3. The molecule has 3 nitrogen and oxygen atoms in total. The summed E-state index contributed by atoms with van der Waals surface area (Å²) < 4.78 is 5.89. The minimum Gasteiger partial charge on any atom is -0.456 e. The van der Waals surface area contributed by atoms with Gasteiger partial charge in [-0.1, -0.05) is 13.0 Å². The highest BCUT2D eigenvalue weighted by molar-refractivity contribution is 5.81. The monoisotopic (exact) mass is 358 g/mol. The van der Waals surface area contributed by atoms with Gasteiger partial charge in [-0.25, -0.2) is 4.79 Å². The zero-order valence-electron chi connectivity index (χ0n) is 16.2. The second kappa shape index (κ2) is 5.83. The third kappa shape index (κ3) is 2.19. The SMILES string of the molecule is C=CC(=O)OC(C)(CCO)CC12CC(C3CCCC31)C1C3CCC(C3)C12. The summed E-state index contributed by atoms with van der Waals surface area (Å²) in [6, 6.07) is 0. The molecular weight excluding hydrogens is 324 g/mol. The summed E-state index contributed by atoms with van der Waals surface area (Å²) in [7, 11) is 0. The lowest BCUT2D eigenvalue weighted by Crippen LogP contribution is -2.48. The fraction of sp³-hybridized carbons (Fsp3) is 0.870. The lowest BCUT2D eigenvalue weighted by atomic mass is 9.55. The molecule has 5 fully saturated rings. The second-order valence-corrected chi connectivity index (χ2v) is 10.5. The Kier molecular flexibility index (Phi) is 3.88. The minimum absolute atomic E-state index is 0.0781. The highest BCUT2D eigenvalue weighted by atomic mass is 16.6. The van der Waals surface area contributed by atoms with Crippen LogP contribution in [-0.2, 0) is 9.53 Å². The van der Waals surface area contributed by atoms with Gasteiger partial charge in [-0.2, -0.15) is 0 Å².